The van der Waals surface area contributed by atoms with Gasteiger partial charge in [0, 0.05) is 41.0 Å². The Balaban J connectivity index is 1.93. The van der Waals surface area contributed by atoms with Crippen molar-refractivity contribution in [3.05, 3.63) is 74.8 Å². The number of nitrogens with zero attached hydrogens (tertiary/aromatic N) is 3. The van der Waals surface area contributed by atoms with E-state index in [-0.39, 0.29) is 22.5 Å². The molecule has 9 heteroatoms. The first kappa shape index (κ1) is 23.2. The zero-order valence-electron chi connectivity index (χ0n) is 18.3. The Labute approximate surface area is 187 Å². The molecule has 1 N–H and O–H groups in total. The molecule has 0 saturated carbocycles. The van der Waals surface area contributed by atoms with Crippen LogP contribution in [0.1, 0.15) is 44.5 Å². The number of aromatic nitrogens is 3. The Hall–Kier alpha value is -2.42. The van der Waals surface area contributed by atoms with Gasteiger partial charge in [-0.1, -0.05) is 23.7 Å². The SMILES string of the molecule is Cc1[nH]n(-c2ccc(S(=O)(=O)N(C(C)C)C(C)C)cn2)c(=O)c1Cc1ccc(Cl)cc1. The average Bonchev–Trinajstić information content (AvgIpc) is 2.97. The van der Waals surface area contributed by atoms with E-state index in [4.69, 9.17) is 11.6 Å². The highest BCUT2D eigenvalue weighted by Crippen LogP contribution is 2.21. The molecule has 0 spiro atoms. The van der Waals surface area contributed by atoms with E-state index in [1.165, 1.54) is 27.3 Å². The summed E-state index contributed by atoms with van der Waals surface area (Å²) in [4.78, 5) is 17.3. The van der Waals surface area contributed by atoms with Gasteiger partial charge in [-0.15, -0.1) is 0 Å². The van der Waals surface area contributed by atoms with E-state index in [9.17, 15) is 13.2 Å². The maximum absolute atomic E-state index is 13.0. The van der Waals surface area contributed by atoms with Gasteiger partial charge in [-0.05, 0) is 64.4 Å². The number of halogens is 1. The fourth-order valence-electron chi connectivity index (χ4n) is 3.69. The van der Waals surface area contributed by atoms with Gasteiger partial charge in [0.1, 0.15) is 4.90 Å². The van der Waals surface area contributed by atoms with Crippen LogP contribution in [0, 0.1) is 6.92 Å². The Morgan fingerprint density at radius 3 is 2.19 bits per heavy atom. The third-order valence-corrected chi connectivity index (χ3v) is 7.52. The molecule has 1 aromatic carbocycles. The van der Waals surface area contributed by atoms with E-state index in [0.717, 1.165) is 11.3 Å². The third kappa shape index (κ3) is 4.76. The monoisotopic (exact) mass is 462 g/mol. The molecule has 2 heterocycles. The van der Waals surface area contributed by atoms with Crippen LogP contribution in [0.3, 0.4) is 0 Å². The van der Waals surface area contributed by atoms with E-state index in [2.05, 4.69) is 10.1 Å². The number of benzene rings is 1. The van der Waals surface area contributed by atoms with Crippen molar-refractivity contribution in [3.63, 3.8) is 0 Å². The maximum Gasteiger partial charge on any atom is 0.276 e. The number of hydrogen-bond acceptors (Lipinski definition) is 4. The van der Waals surface area contributed by atoms with Gasteiger partial charge in [-0.3, -0.25) is 9.89 Å². The molecular formula is C22H27ClN4O3S. The summed E-state index contributed by atoms with van der Waals surface area (Å²) >= 11 is 5.93. The van der Waals surface area contributed by atoms with Crippen molar-refractivity contribution in [2.75, 3.05) is 0 Å². The lowest BCUT2D eigenvalue weighted by Crippen LogP contribution is -2.41. The number of aromatic amines is 1. The van der Waals surface area contributed by atoms with Crippen molar-refractivity contribution in [3.8, 4) is 5.82 Å². The minimum Gasteiger partial charge on any atom is -0.294 e. The number of sulfonamides is 1. The molecule has 0 aliphatic carbocycles. The molecule has 0 radical (unpaired) electrons. The normalized spacial score (nSPS) is 12.3. The zero-order valence-corrected chi connectivity index (χ0v) is 19.8. The number of nitrogens with one attached hydrogen (secondary N) is 1. The number of H-pyrrole nitrogens is 1. The summed E-state index contributed by atoms with van der Waals surface area (Å²) < 4.78 is 28.8. The highest BCUT2D eigenvalue weighted by Gasteiger charge is 2.29. The summed E-state index contributed by atoms with van der Waals surface area (Å²) in [5.74, 6) is 0.329. The fraction of sp³-hybridized carbons (Fsp3) is 0.364. The van der Waals surface area contributed by atoms with E-state index < -0.39 is 10.0 Å². The van der Waals surface area contributed by atoms with Crippen LogP contribution in [0.25, 0.3) is 5.82 Å². The minimum atomic E-state index is -3.69. The van der Waals surface area contributed by atoms with Crippen LogP contribution in [0.4, 0.5) is 0 Å². The number of pyridine rings is 1. The Morgan fingerprint density at radius 2 is 1.68 bits per heavy atom. The molecule has 0 bridgehead atoms. The van der Waals surface area contributed by atoms with Gasteiger partial charge in [0.15, 0.2) is 5.82 Å². The van der Waals surface area contributed by atoms with E-state index in [1.54, 1.807) is 12.1 Å². The van der Waals surface area contributed by atoms with Crippen LogP contribution >= 0.6 is 11.6 Å². The van der Waals surface area contributed by atoms with Crippen LogP contribution in [-0.4, -0.2) is 39.6 Å². The summed E-state index contributed by atoms with van der Waals surface area (Å²) in [6.45, 7) is 9.17. The molecule has 7 nitrogen and oxygen atoms in total. The first-order chi connectivity index (χ1) is 14.5. The molecular weight excluding hydrogens is 436 g/mol. The molecule has 0 amide bonds. The smallest absolute Gasteiger partial charge is 0.276 e. The second-order valence-electron chi connectivity index (χ2n) is 8.03. The van der Waals surface area contributed by atoms with Crippen LogP contribution in [-0.2, 0) is 16.4 Å². The van der Waals surface area contributed by atoms with Gasteiger partial charge >= 0.3 is 0 Å². The van der Waals surface area contributed by atoms with Crippen LogP contribution < -0.4 is 5.56 Å². The molecule has 3 rings (SSSR count). The van der Waals surface area contributed by atoms with Crippen molar-refractivity contribution in [2.45, 2.75) is 58.0 Å². The quantitative estimate of drug-likeness (QED) is 0.576. The Bertz CT molecular complexity index is 1200. The molecule has 0 aliphatic rings. The first-order valence-electron chi connectivity index (χ1n) is 10.1. The van der Waals surface area contributed by atoms with Gasteiger partial charge in [-0.25, -0.2) is 18.1 Å². The summed E-state index contributed by atoms with van der Waals surface area (Å²) in [7, 11) is -3.69. The molecule has 31 heavy (non-hydrogen) atoms. The molecule has 0 atom stereocenters. The number of aryl methyl sites for hydroxylation is 1. The zero-order chi connectivity index (χ0) is 22.9. The number of rotatable bonds is 7. The summed E-state index contributed by atoms with van der Waals surface area (Å²) in [6, 6.07) is 9.98. The highest BCUT2D eigenvalue weighted by molar-refractivity contribution is 7.89. The molecule has 0 saturated heterocycles. The molecule has 0 fully saturated rings. The van der Waals surface area contributed by atoms with Gasteiger partial charge in [-0.2, -0.15) is 4.31 Å². The predicted octanol–water partition coefficient (Wildman–Crippen LogP) is 3.92. The van der Waals surface area contributed by atoms with Crippen molar-refractivity contribution >= 4 is 21.6 Å². The lowest BCUT2D eigenvalue weighted by molar-refractivity contribution is 0.302. The van der Waals surface area contributed by atoms with E-state index in [1.807, 2.05) is 46.8 Å². The standard InChI is InChI=1S/C22H27ClN4O3S/c1-14(2)27(15(3)4)31(29,30)19-10-11-21(24-13-19)26-22(28)20(16(5)25-26)12-17-6-8-18(23)9-7-17/h6-11,13-15,25H,12H2,1-5H3. The van der Waals surface area contributed by atoms with Gasteiger partial charge in [0.25, 0.3) is 5.56 Å². The topological polar surface area (TPSA) is 88.1 Å². The van der Waals surface area contributed by atoms with Crippen molar-refractivity contribution in [1.29, 1.82) is 0 Å². The van der Waals surface area contributed by atoms with E-state index >= 15 is 0 Å². The molecule has 3 aromatic rings. The van der Waals surface area contributed by atoms with Crippen LogP contribution in [0.5, 0.6) is 0 Å². The highest BCUT2D eigenvalue weighted by atomic mass is 35.5. The second kappa shape index (κ2) is 8.98. The molecule has 0 aliphatic heterocycles. The second-order valence-corrected chi connectivity index (χ2v) is 10.3. The summed E-state index contributed by atoms with van der Waals surface area (Å²) in [6.07, 6.45) is 1.75. The van der Waals surface area contributed by atoms with Gasteiger partial charge in [0.2, 0.25) is 10.0 Å². The number of hydrogen-bond donors (Lipinski definition) is 1. The first-order valence-corrected chi connectivity index (χ1v) is 11.9. The van der Waals surface area contributed by atoms with Crippen LogP contribution in [0.15, 0.2) is 52.3 Å². The third-order valence-electron chi connectivity index (χ3n) is 5.03. The largest absolute Gasteiger partial charge is 0.294 e. The molecule has 2 aromatic heterocycles. The Morgan fingerprint density at radius 1 is 1.06 bits per heavy atom. The van der Waals surface area contributed by atoms with Crippen LogP contribution in [0.2, 0.25) is 5.02 Å². The fourth-order valence-corrected chi connectivity index (χ4v) is 5.59. The minimum absolute atomic E-state index is 0.0939. The molecule has 0 unspecified atom stereocenters. The van der Waals surface area contributed by atoms with Gasteiger partial charge in [0.05, 0.1) is 0 Å². The van der Waals surface area contributed by atoms with Crippen molar-refractivity contribution in [1.82, 2.24) is 19.1 Å². The summed E-state index contributed by atoms with van der Waals surface area (Å²) in [5, 5.41) is 3.67. The average molecular weight is 463 g/mol. The lowest BCUT2D eigenvalue weighted by atomic mass is 10.1. The maximum atomic E-state index is 13.0. The Kier molecular flexibility index (Phi) is 6.73. The van der Waals surface area contributed by atoms with Crippen molar-refractivity contribution < 1.29 is 8.42 Å². The van der Waals surface area contributed by atoms with E-state index in [0.29, 0.717) is 22.8 Å². The van der Waals surface area contributed by atoms with Crippen molar-refractivity contribution in [2.24, 2.45) is 0 Å². The molecule has 166 valence electrons. The lowest BCUT2D eigenvalue weighted by Gasteiger charge is -2.29. The summed E-state index contributed by atoms with van der Waals surface area (Å²) in [5.41, 5.74) is 2.09. The van der Waals surface area contributed by atoms with Gasteiger partial charge < -0.3 is 0 Å². The predicted molar refractivity (Wildman–Crippen MR) is 122 cm³/mol.